The molecule has 1 fully saturated rings. The number of hydrogen-bond donors (Lipinski definition) is 2. The van der Waals surface area contributed by atoms with Crippen molar-refractivity contribution in [2.75, 3.05) is 31.6 Å². The summed E-state index contributed by atoms with van der Waals surface area (Å²) >= 11 is 0. The Morgan fingerprint density at radius 2 is 1.83 bits per heavy atom. The Morgan fingerprint density at radius 1 is 1.22 bits per heavy atom. The lowest BCUT2D eigenvalue weighted by molar-refractivity contribution is -0.897. The maximum absolute atomic E-state index is 12.3. The average molecular weight is 319 g/mol. The van der Waals surface area contributed by atoms with Crippen LogP contribution >= 0.6 is 0 Å². The molecule has 0 aromatic heterocycles. The minimum absolute atomic E-state index is 0.000346. The van der Waals surface area contributed by atoms with Crippen molar-refractivity contribution in [1.82, 2.24) is 0 Å². The van der Waals surface area contributed by atoms with Crippen LogP contribution in [0.1, 0.15) is 30.9 Å². The van der Waals surface area contributed by atoms with E-state index in [9.17, 15) is 9.59 Å². The molecule has 2 N–H and O–H groups in total. The summed E-state index contributed by atoms with van der Waals surface area (Å²) < 4.78 is 5.08. The number of carbonyl (C=O) groups excluding carboxylic acids is 2. The molecule has 5 heteroatoms. The number of piperidine rings is 1. The fourth-order valence-electron chi connectivity index (χ4n) is 3.12. The third-order valence-electron chi connectivity index (χ3n) is 4.47. The van der Waals surface area contributed by atoms with Gasteiger partial charge >= 0.3 is 5.97 Å². The molecule has 0 bridgehead atoms. The van der Waals surface area contributed by atoms with E-state index in [0.29, 0.717) is 13.2 Å². The van der Waals surface area contributed by atoms with Crippen molar-refractivity contribution in [3.8, 4) is 0 Å². The molecule has 0 radical (unpaired) electrons. The summed E-state index contributed by atoms with van der Waals surface area (Å²) in [6.07, 6.45) is 1.59. The van der Waals surface area contributed by atoms with E-state index in [1.165, 1.54) is 4.90 Å². The van der Waals surface area contributed by atoms with Crippen molar-refractivity contribution in [3.05, 3.63) is 29.3 Å². The largest absolute Gasteiger partial charge is 0.466 e. The molecule has 126 valence electrons. The minimum Gasteiger partial charge on any atom is -0.466 e. The third-order valence-corrected chi connectivity index (χ3v) is 4.47. The Morgan fingerprint density at radius 3 is 2.39 bits per heavy atom. The van der Waals surface area contributed by atoms with E-state index in [-0.39, 0.29) is 17.8 Å². The topological polar surface area (TPSA) is 59.8 Å². The van der Waals surface area contributed by atoms with Crippen LogP contribution in [0, 0.1) is 19.8 Å². The number of hydrogen-bond acceptors (Lipinski definition) is 3. The van der Waals surface area contributed by atoms with Crippen molar-refractivity contribution in [2.24, 2.45) is 5.92 Å². The van der Waals surface area contributed by atoms with Gasteiger partial charge in [0.05, 0.1) is 25.6 Å². The summed E-state index contributed by atoms with van der Waals surface area (Å²) in [5.74, 6) is -0.0566. The summed E-state index contributed by atoms with van der Waals surface area (Å²) in [6.45, 7) is 8.39. The van der Waals surface area contributed by atoms with E-state index in [1.54, 1.807) is 0 Å². The minimum atomic E-state index is -0.0912. The van der Waals surface area contributed by atoms with Gasteiger partial charge in [-0.25, -0.2) is 0 Å². The van der Waals surface area contributed by atoms with Gasteiger partial charge in [-0.05, 0) is 31.9 Å². The highest BCUT2D eigenvalue weighted by atomic mass is 16.5. The van der Waals surface area contributed by atoms with E-state index in [2.05, 4.69) is 5.32 Å². The summed E-state index contributed by atoms with van der Waals surface area (Å²) in [5, 5.41) is 3.03. The summed E-state index contributed by atoms with van der Waals surface area (Å²) in [4.78, 5) is 25.2. The van der Waals surface area contributed by atoms with Crippen LogP contribution in [-0.2, 0) is 14.3 Å². The molecule has 1 amide bonds. The number of aryl methyl sites for hydroxylation is 2. The first-order chi connectivity index (χ1) is 11.0. The summed E-state index contributed by atoms with van der Waals surface area (Å²) in [7, 11) is 0. The number of quaternary nitrogens is 1. The fourth-order valence-corrected chi connectivity index (χ4v) is 3.12. The van der Waals surface area contributed by atoms with Gasteiger partial charge in [-0.3, -0.25) is 9.59 Å². The molecular weight excluding hydrogens is 292 g/mol. The molecule has 1 aromatic rings. The molecule has 2 rings (SSSR count). The number of benzene rings is 1. The van der Waals surface area contributed by atoms with Gasteiger partial charge in [-0.15, -0.1) is 0 Å². The SMILES string of the molecule is CCOC(=O)C1CC[NH+](CC(=O)Nc2c(C)cccc2C)CC1. The molecule has 1 saturated heterocycles. The van der Waals surface area contributed by atoms with Crippen LogP contribution in [0.2, 0.25) is 0 Å². The molecule has 1 aliphatic heterocycles. The Balaban J connectivity index is 1.82. The first-order valence-corrected chi connectivity index (χ1v) is 8.37. The maximum Gasteiger partial charge on any atom is 0.309 e. The number of likely N-dealkylation sites (tertiary alicyclic amines) is 1. The van der Waals surface area contributed by atoms with Crippen LogP contribution in [0.15, 0.2) is 18.2 Å². The predicted octanol–water partition coefficient (Wildman–Crippen LogP) is 1.10. The maximum atomic E-state index is 12.3. The molecule has 0 saturated carbocycles. The molecule has 0 spiro atoms. The van der Waals surface area contributed by atoms with Crippen molar-refractivity contribution in [3.63, 3.8) is 0 Å². The van der Waals surface area contributed by atoms with Crippen molar-refractivity contribution < 1.29 is 19.2 Å². The van der Waals surface area contributed by atoms with Gasteiger partial charge < -0.3 is 15.0 Å². The van der Waals surface area contributed by atoms with Gasteiger partial charge in [0.15, 0.2) is 6.54 Å². The normalized spacial score (nSPS) is 20.8. The molecule has 23 heavy (non-hydrogen) atoms. The number of para-hydroxylation sites is 1. The van der Waals surface area contributed by atoms with Crippen LogP contribution in [0.5, 0.6) is 0 Å². The van der Waals surface area contributed by atoms with E-state index in [1.807, 2.05) is 39.0 Å². The van der Waals surface area contributed by atoms with Crippen LogP contribution in [0.3, 0.4) is 0 Å². The second-order valence-electron chi connectivity index (χ2n) is 6.27. The first-order valence-electron chi connectivity index (χ1n) is 8.37. The molecule has 5 nitrogen and oxygen atoms in total. The number of ether oxygens (including phenoxy) is 1. The zero-order chi connectivity index (χ0) is 16.8. The predicted molar refractivity (Wildman–Crippen MR) is 89.5 cm³/mol. The molecule has 1 aliphatic rings. The Hall–Kier alpha value is -1.88. The Bertz CT molecular complexity index is 543. The van der Waals surface area contributed by atoms with Crippen molar-refractivity contribution in [2.45, 2.75) is 33.6 Å². The fraction of sp³-hybridized carbons (Fsp3) is 0.556. The molecule has 0 aliphatic carbocycles. The van der Waals surface area contributed by atoms with Gasteiger partial charge in [-0.1, -0.05) is 18.2 Å². The van der Waals surface area contributed by atoms with Gasteiger partial charge in [0.1, 0.15) is 0 Å². The lowest BCUT2D eigenvalue weighted by Gasteiger charge is -2.27. The van der Waals surface area contributed by atoms with E-state index in [4.69, 9.17) is 4.74 Å². The van der Waals surface area contributed by atoms with E-state index in [0.717, 1.165) is 42.7 Å². The molecule has 1 heterocycles. The number of nitrogens with one attached hydrogen (secondary N) is 2. The lowest BCUT2D eigenvalue weighted by Crippen LogP contribution is -3.14. The number of rotatable bonds is 5. The van der Waals surface area contributed by atoms with Gasteiger partial charge in [0.25, 0.3) is 5.91 Å². The van der Waals surface area contributed by atoms with Crippen LogP contribution < -0.4 is 10.2 Å². The van der Waals surface area contributed by atoms with E-state index >= 15 is 0 Å². The Labute approximate surface area is 138 Å². The second-order valence-corrected chi connectivity index (χ2v) is 6.27. The highest BCUT2D eigenvalue weighted by Crippen LogP contribution is 2.19. The number of esters is 1. The smallest absolute Gasteiger partial charge is 0.309 e. The van der Waals surface area contributed by atoms with Crippen LogP contribution in [0.25, 0.3) is 0 Å². The number of anilines is 1. The Kier molecular flexibility index (Phi) is 6.16. The monoisotopic (exact) mass is 319 g/mol. The second kappa shape index (κ2) is 8.11. The highest BCUT2D eigenvalue weighted by Gasteiger charge is 2.29. The lowest BCUT2D eigenvalue weighted by atomic mass is 9.97. The molecule has 1 aromatic carbocycles. The van der Waals surface area contributed by atoms with Crippen molar-refractivity contribution >= 4 is 17.6 Å². The summed E-state index contributed by atoms with van der Waals surface area (Å²) in [6, 6.07) is 5.99. The standard InChI is InChI=1S/C18H26N2O3/c1-4-23-18(22)15-8-10-20(11-9-15)12-16(21)19-17-13(2)6-5-7-14(17)3/h5-7,15H,4,8-12H2,1-3H3,(H,19,21)/p+1. The van der Waals surface area contributed by atoms with E-state index < -0.39 is 0 Å². The summed E-state index contributed by atoms with van der Waals surface area (Å²) in [5.41, 5.74) is 3.07. The molecule has 0 unspecified atom stereocenters. The average Bonchev–Trinajstić information content (AvgIpc) is 2.52. The zero-order valence-electron chi connectivity index (χ0n) is 14.3. The van der Waals surface area contributed by atoms with Gasteiger partial charge in [-0.2, -0.15) is 0 Å². The zero-order valence-corrected chi connectivity index (χ0v) is 14.3. The number of carbonyl (C=O) groups is 2. The molecule has 0 atom stereocenters. The van der Waals surface area contributed by atoms with Gasteiger partial charge in [0.2, 0.25) is 0 Å². The third kappa shape index (κ3) is 4.79. The molecular formula is C18H27N2O3+. The van der Waals surface area contributed by atoms with Gasteiger partial charge in [0, 0.05) is 18.5 Å². The highest BCUT2D eigenvalue weighted by molar-refractivity contribution is 5.93. The number of amides is 1. The first kappa shape index (κ1) is 17.5. The van der Waals surface area contributed by atoms with Crippen LogP contribution in [-0.4, -0.2) is 38.1 Å². The van der Waals surface area contributed by atoms with Crippen LogP contribution in [0.4, 0.5) is 5.69 Å². The van der Waals surface area contributed by atoms with Crippen molar-refractivity contribution in [1.29, 1.82) is 0 Å². The quantitative estimate of drug-likeness (QED) is 0.799.